The van der Waals surface area contributed by atoms with Gasteiger partial charge in [-0.3, -0.25) is 37.3 Å². The molecule has 0 amide bonds. The normalized spacial score (nSPS) is 13.8. The van der Waals surface area contributed by atoms with Crippen LogP contribution >= 0.6 is 15.6 Å². The number of unbranched alkanes of at least 4 members (excludes halogenated alkanes) is 57. The fourth-order valence-electron chi connectivity index (χ4n) is 13.8. The minimum absolute atomic E-state index is 0.108. The topological polar surface area (TPSA) is 237 Å². The maximum Gasteiger partial charge on any atom is 0.472 e. The van der Waals surface area contributed by atoms with E-state index < -0.39 is 97.5 Å². The highest BCUT2D eigenvalue weighted by atomic mass is 31.2. The van der Waals surface area contributed by atoms with Crippen molar-refractivity contribution in [2.24, 2.45) is 11.8 Å². The van der Waals surface area contributed by atoms with E-state index in [0.717, 1.165) is 102 Å². The van der Waals surface area contributed by atoms with Gasteiger partial charge in [-0.15, -0.1) is 0 Å². The number of hydrogen-bond donors (Lipinski definition) is 3. The fourth-order valence-corrected chi connectivity index (χ4v) is 15.4. The quantitative estimate of drug-likeness (QED) is 0.0222. The first-order valence-electron chi connectivity index (χ1n) is 45.5. The van der Waals surface area contributed by atoms with Gasteiger partial charge in [-0.05, 0) is 37.5 Å². The molecule has 2 unspecified atom stereocenters. The molecule has 0 saturated carbocycles. The third kappa shape index (κ3) is 81.9. The Balaban J connectivity index is 5.24. The maximum atomic E-state index is 13.2. The molecule has 19 heteroatoms. The van der Waals surface area contributed by atoms with Gasteiger partial charge in [0, 0.05) is 25.7 Å². The summed E-state index contributed by atoms with van der Waals surface area (Å²) < 4.78 is 69.0. The van der Waals surface area contributed by atoms with Gasteiger partial charge in [-0.1, -0.05) is 420 Å². The number of carbonyl (C=O) groups is 4. The molecule has 0 spiro atoms. The lowest BCUT2D eigenvalue weighted by atomic mass is 10.0. The van der Waals surface area contributed by atoms with Crippen LogP contribution in [0.25, 0.3) is 0 Å². The van der Waals surface area contributed by atoms with Crippen LogP contribution in [-0.4, -0.2) is 96.7 Å². The molecule has 0 aromatic carbocycles. The van der Waals surface area contributed by atoms with Crippen molar-refractivity contribution in [3.8, 4) is 0 Å². The molecule has 0 aliphatic heterocycles. The van der Waals surface area contributed by atoms with E-state index in [1.54, 1.807) is 0 Å². The Morgan fingerprint density at radius 3 is 0.636 bits per heavy atom. The van der Waals surface area contributed by atoms with E-state index in [9.17, 15) is 43.2 Å². The first-order valence-corrected chi connectivity index (χ1v) is 48.5. The van der Waals surface area contributed by atoms with Gasteiger partial charge in [0.1, 0.15) is 19.3 Å². The van der Waals surface area contributed by atoms with Gasteiger partial charge in [-0.25, -0.2) is 9.13 Å². The van der Waals surface area contributed by atoms with Gasteiger partial charge in [0.05, 0.1) is 26.4 Å². The average molecular weight is 1560 g/mol. The first kappa shape index (κ1) is 105. The highest BCUT2D eigenvalue weighted by Gasteiger charge is 2.30. The molecule has 3 N–H and O–H groups in total. The van der Waals surface area contributed by atoms with Crippen LogP contribution in [-0.2, 0) is 65.4 Å². The zero-order valence-corrected chi connectivity index (χ0v) is 72.2. The van der Waals surface area contributed by atoms with Crippen LogP contribution < -0.4 is 0 Å². The summed E-state index contributed by atoms with van der Waals surface area (Å²) in [5, 5.41) is 10.7. The number of aliphatic hydroxyl groups excluding tert-OH is 1. The van der Waals surface area contributed by atoms with E-state index >= 15 is 0 Å². The van der Waals surface area contributed by atoms with Crippen molar-refractivity contribution >= 4 is 39.5 Å². The molecule has 0 rings (SSSR count). The Bertz CT molecular complexity index is 2050. The molecule has 0 aromatic heterocycles. The number of phosphoric ester groups is 2. The molecule has 636 valence electrons. The highest BCUT2D eigenvalue weighted by Crippen LogP contribution is 2.45. The lowest BCUT2D eigenvalue weighted by molar-refractivity contribution is -0.161. The summed E-state index contributed by atoms with van der Waals surface area (Å²) in [4.78, 5) is 73.3. The van der Waals surface area contributed by atoms with Gasteiger partial charge >= 0.3 is 39.5 Å². The largest absolute Gasteiger partial charge is 0.472 e. The Morgan fingerprint density at radius 2 is 0.430 bits per heavy atom. The Kier molecular flexibility index (Phi) is 77.9. The first-order chi connectivity index (χ1) is 51.9. The number of ether oxygens (including phenoxy) is 4. The van der Waals surface area contributed by atoms with Crippen LogP contribution in [0.1, 0.15) is 472 Å². The second-order valence-electron chi connectivity index (χ2n) is 32.6. The van der Waals surface area contributed by atoms with Crippen molar-refractivity contribution < 1.29 is 80.2 Å². The van der Waals surface area contributed by atoms with Crippen LogP contribution in [0.3, 0.4) is 0 Å². The predicted molar refractivity (Wildman–Crippen MR) is 442 cm³/mol. The van der Waals surface area contributed by atoms with E-state index in [1.807, 2.05) is 0 Å². The van der Waals surface area contributed by atoms with Crippen molar-refractivity contribution in [1.82, 2.24) is 0 Å². The minimum Gasteiger partial charge on any atom is -0.462 e. The minimum atomic E-state index is -4.97. The fraction of sp³-hybridized carbons (Fsp3) is 0.955. The summed E-state index contributed by atoms with van der Waals surface area (Å²) in [5.41, 5.74) is 0. The third-order valence-corrected chi connectivity index (χ3v) is 22.6. The molecule has 0 radical (unpaired) electrons. The molecular formula is C88H172O17P2. The molecule has 0 saturated heterocycles. The number of rotatable bonds is 87. The van der Waals surface area contributed by atoms with Crippen LogP contribution in [0.5, 0.6) is 0 Å². The SMILES string of the molecule is CCCCCCCCCCCCCCCCCCCCCCCCC(=O)O[C@H](COC(=O)CCCCCCCCCCCCCCCCCC(C)C)COP(=O)(O)OC[C@@H](O)COP(=O)(O)OC[C@@H](COC(=O)CCCCCCCCCCCCCC)OC(=O)CCCCCCCCCCCCCCC(C)C. The molecule has 17 nitrogen and oxygen atoms in total. The van der Waals surface area contributed by atoms with E-state index in [1.165, 1.54) is 289 Å². The van der Waals surface area contributed by atoms with Crippen molar-refractivity contribution in [3.05, 3.63) is 0 Å². The molecule has 0 aliphatic rings. The average Bonchev–Trinajstić information content (AvgIpc) is 0.907. The van der Waals surface area contributed by atoms with Crippen LogP contribution in [0, 0.1) is 11.8 Å². The Labute approximate surface area is 658 Å². The summed E-state index contributed by atoms with van der Waals surface area (Å²) in [7, 11) is -9.93. The van der Waals surface area contributed by atoms with Crippen LogP contribution in [0.15, 0.2) is 0 Å². The molecule has 0 heterocycles. The van der Waals surface area contributed by atoms with E-state index in [0.29, 0.717) is 25.7 Å². The Hall–Kier alpha value is -1.94. The molecule has 0 aromatic rings. The van der Waals surface area contributed by atoms with Gasteiger partial charge in [0.2, 0.25) is 0 Å². The lowest BCUT2D eigenvalue weighted by Gasteiger charge is -2.21. The molecule has 5 atom stereocenters. The smallest absolute Gasteiger partial charge is 0.462 e. The number of phosphoric acid groups is 2. The standard InChI is InChI=1S/C88H172O17P2/c1-7-9-11-13-15-17-19-21-22-23-24-25-26-27-28-31-35-42-48-54-60-66-72-87(92)104-84(77-99-86(91)71-65-59-53-47-41-34-32-29-30-33-38-44-50-56-62-68-80(3)4)79-103-107(96,97)101-75-82(89)74-100-106(94,95)102-78-83(76-98-85(90)70-64-58-52-46-40-20-18-16-14-12-10-8-2)105-88(93)73-67-61-55-49-43-37-36-39-45-51-57-63-69-81(5)6/h80-84,89H,7-79H2,1-6H3,(H,94,95)(H,96,97)/t82-,83+,84+/m0/s1. The summed E-state index contributed by atoms with van der Waals surface area (Å²) >= 11 is 0. The van der Waals surface area contributed by atoms with Crippen molar-refractivity contribution in [2.45, 2.75) is 490 Å². The molecule has 0 bridgehead atoms. The Morgan fingerprint density at radius 1 is 0.252 bits per heavy atom. The van der Waals surface area contributed by atoms with Crippen LogP contribution in [0.2, 0.25) is 0 Å². The second-order valence-corrected chi connectivity index (χ2v) is 35.5. The number of carbonyl (C=O) groups excluding carboxylic acids is 4. The third-order valence-electron chi connectivity index (χ3n) is 20.7. The van der Waals surface area contributed by atoms with E-state index in [-0.39, 0.29) is 25.7 Å². The number of aliphatic hydroxyl groups is 1. The zero-order valence-electron chi connectivity index (χ0n) is 70.5. The summed E-state index contributed by atoms with van der Waals surface area (Å²) in [6, 6.07) is 0. The van der Waals surface area contributed by atoms with Crippen molar-refractivity contribution in [1.29, 1.82) is 0 Å². The lowest BCUT2D eigenvalue weighted by Crippen LogP contribution is -2.30. The van der Waals surface area contributed by atoms with Gasteiger partial charge in [0.25, 0.3) is 0 Å². The summed E-state index contributed by atoms with van der Waals surface area (Å²) in [6.07, 6.45) is 72.2. The predicted octanol–water partition coefficient (Wildman–Crippen LogP) is 27.0. The van der Waals surface area contributed by atoms with Gasteiger partial charge in [-0.2, -0.15) is 0 Å². The van der Waals surface area contributed by atoms with Crippen molar-refractivity contribution in [3.63, 3.8) is 0 Å². The van der Waals surface area contributed by atoms with Crippen LogP contribution in [0.4, 0.5) is 0 Å². The van der Waals surface area contributed by atoms with Crippen molar-refractivity contribution in [2.75, 3.05) is 39.6 Å². The maximum absolute atomic E-state index is 13.2. The summed E-state index contributed by atoms with van der Waals surface area (Å²) in [6.45, 7) is 9.72. The van der Waals surface area contributed by atoms with E-state index in [2.05, 4.69) is 41.5 Å². The molecule has 107 heavy (non-hydrogen) atoms. The monoisotopic (exact) mass is 1560 g/mol. The molecular weight excluding hydrogens is 1390 g/mol. The zero-order chi connectivity index (χ0) is 78.5. The second kappa shape index (κ2) is 79.3. The molecule has 0 fully saturated rings. The van der Waals surface area contributed by atoms with Gasteiger partial charge < -0.3 is 33.8 Å². The summed E-state index contributed by atoms with van der Waals surface area (Å²) in [5.74, 6) is -0.516. The number of hydrogen-bond acceptors (Lipinski definition) is 15. The highest BCUT2D eigenvalue weighted by molar-refractivity contribution is 7.47. The molecule has 0 aliphatic carbocycles. The number of esters is 4. The van der Waals surface area contributed by atoms with E-state index in [4.69, 9.17) is 37.0 Å². The van der Waals surface area contributed by atoms with Gasteiger partial charge in [0.15, 0.2) is 12.2 Å².